The fourth-order valence-electron chi connectivity index (χ4n) is 2.32. The second kappa shape index (κ2) is 6.05. The van der Waals surface area contributed by atoms with Crippen LogP contribution >= 0.6 is 0 Å². The molecule has 0 N–H and O–H groups in total. The van der Waals surface area contributed by atoms with Gasteiger partial charge in [-0.2, -0.15) is 0 Å². The molecule has 0 spiro atoms. The van der Waals surface area contributed by atoms with Gasteiger partial charge in [0.15, 0.2) is 0 Å². The monoisotopic (exact) mass is 293 g/mol. The number of rotatable bonds is 3. The van der Waals surface area contributed by atoms with Gasteiger partial charge in [0.25, 0.3) is 0 Å². The topological polar surface area (TPSA) is 56.0 Å². The van der Waals surface area contributed by atoms with E-state index in [1.54, 1.807) is 6.20 Å². The van der Waals surface area contributed by atoms with Gasteiger partial charge in [0.2, 0.25) is 0 Å². The Bertz CT molecular complexity index is 767. The van der Waals surface area contributed by atoms with E-state index in [0.717, 1.165) is 35.0 Å². The quantitative estimate of drug-likeness (QED) is 0.874. The summed E-state index contributed by atoms with van der Waals surface area (Å²) in [4.78, 5) is 17.7. The fourth-order valence-corrected chi connectivity index (χ4v) is 2.32. The van der Waals surface area contributed by atoms with Gasteiger partial charge in [-0.25, -0.2) is 4.98 Å². The lowest BCUT2D eigenvalue weighted by Gasteiger charge is -2.07. The van der Waals surface area contributed by atoms with Crippen LogP contribution in [0.15, 0.2) is 29.7 Å². The zero-order chi connectivity index (χ0) is 15.5. The van der Waals surface area contributed by atoms with E-state index in [9.17, 15) is 0 Å². The normalized spacial score (nSPS) is 17.5. The number of imidazole rings is 1. The smallest absolute Gasteiger partial charge is 0.132 e. The Morgan fingerprint density at radius 2 is 2.05 bits per heavy atom. The average molecular weight is 293 g/mol. The average Bonchev–Trinajstić information content (AvgIpc) is 2.90. The summed E-state index contributed by atoms with van der Waals surface area (Å²) >= 11 is 0. The van der Waals surface area contributed by atoms with E-state index in [-0.39, 0.29) is 5.92 Å². The van der Waals surface area contributed by atoms with Crippen LogP contribution in [0.3, 0.4) is 0 Å². The van der Waals surface area contributed by atoms with Crippen molar-refractivity contribution in [1.82, 2.24) is 19.5 Å². The third kappa shape index (κ3) is 3.03. The van der Waals surface area contributed by atoms with Crippen LogP contribution in [-0.4, -0.2) is 25.7 Å². The molecular weight excluding hydrogens is 274 g/mol. The molecule has 0 saturated carbocycles. The van der Waals surface area contributed by atoms with Crippen molar-refractivity contribution >= 4 is 18.4 Å². The number of hydrogen-bond donors (Lipinski definition) is 0. The molecule has 1 aliphatic rings. The van der Waals surface area contributed by atoms with Crippen LogP contribution in [0, 0.1) is 13.8 Å². The molecule has 2 aromatic rings. The predicted octanol–water partition coefficient (Wildman–Crippen LogP) is 3.07. The van der Waals surface area contributed by atoms with Gasteiger partial charge in [0.05, 0.1) is 29.0 Å². The van der Waals surface area contributed by atoms with E-state index in [1.165, 1.54) is 0 Å². The summed E-state index contributed by atoms with van der Waals surface area (Å²) in [6.07, 6.45) is 14.6. The van der Waals surface area contributed by atoms with Crippen LogP contribution in [-0.2, 0) is 7.05 Å². The number of allylic oxidation sites excluding steroid dienone is 1. The standard InChI is InChI=1S/C17H19N5/c1-12-13(2)20-15(10-19-12)6-7-17-21-16(11-22(17)3)14-5-4-8-18-9-14/h4,6-11,14H,5H2,1-3H3/b7-6+. The lowest BCUT2D eigenvalue weighted by atomic mass is 10.0. The third-order valence-corrected chi connectivity index (χ3v) is 3.77. The Morgan fingerprint density at radius 1 is 1.18 bits per heavy atom. The van der Waals surface area contributed by atoms with Crippen LogP contribution in [0.25, 0.3) is 12.2 Å². The number of nitrogens with zero attached hydrogens (tertiary/aromatic N) is 5. The van der Waals surface area contributed by atoms with Crippen molar-refractivity contribution in [1.29, 1.82) is 0 Å². The summed E-state index contributed by atoms with van der Waals surface area (Å²) in [5.41, 5.74) is 3.80. The Morgan fingerprint density at radius 3 is 2.77 bits per heavy atom. The van der Waals surface area contributed by atoms with E-state index in [0.29, 0.717) is 0 Å². The van der Waals surface area contributed by atoms with Gasteiger partial charge in [-0.15, -0.1) is 0 Å². The number of aliphatic imine (C=N–C) groups is 1. The molecule has 0 amide bonds. The molecule has 1 unspecified atom stereocenters. The minimum Gasteiger partial charge on any atom is -0.334 e. The molecule has 112 valence electrons. The molecule has 3 rings (SSSR count). The molecule has 3 heterocycles. The molecule has 0 fully saturated rings. The second-order valence-corrected chi connectivity index (χ2v) is 5.46. The maximum absolute atomic E-state index is 4.69. The summed E-state index contributed by atoms with van der Waals surface area (Å²) in [6.45, 7) is 3.93. The number of aryl methyl sites for hydroxylation is 3. The fraction of sp³-hybridized carbons (Fsp3) is 0.294. The predicted molar refractivity (Wildman–Crippen MR) is 88.6 cm³/mol. The Kier molecular flexibility index (Phi) is 3.96. The van der Waals surface area contributed by atoms with Crippen molar-refractivity contribution in [3.05, 3.63) is 53.3 Å². The maximum Gasteiger partial charge on any atom is 0.132 e. The molecule has 0 aromatic carbocycles. The van der Waals surface area contributed by atoms with Crippen LogP contribution in [0.5, 0.6) is 0 Å². The molecule has 2 aromatic heterocycles. The molecule has 1 atom stereocenters. The molecule has 22 heavy (non-hydrogen) atoms. The Labute approximate surface area is 130 Å². The number of hydrogen-bond acceptors (Lipinski definition) is 4. The molecule has 1 aliphatic heterocycles. The Balaban J connectivity index is 1.81. The number of aromatic nitrogens is 4. The minimum atomic E-state index is 0.264. The highest BCUT2D eigenvalue weighted by Gasteiger charge is 2.14. The summed E-state index contributed by atoms with van der Waals surface area (Å²) in [5.74, 6) is 1.16. The van der Waals surface area contributed by atoms with Crippen molar-refractivity contribution in [3.8, 4) is 0 Å². The summed E-state index contributed by atoms with van der Waals surface area (Å²) in [7, 11) is 2.00. The zero-order valence-electron chi connectivity index (χ0n) is 13.1. The largest absolute Gasteiger partial charge is 0.334 e. The second-order valence-electron chi connectivity index (χ2n) is 5.46. The van der Waals surface area contributed by atoms with E-state index < -0.39 is 0 Å². The highest BCUT2D eigenvalue weighted by atomic mass is 15.0. The first kappa shape index (κ1) is 14.4. The first-order valence-corrected chi connectivity index (χ1v) is 7.33. The van der Waals surface area contributed by atoms with Crippen LogP contribution < -0.4 is 0 Å². The van der Waals surface area contributed by atoms with Crippen molar-refractivity contribution in [2.45, 2.75) is 26.2 Å². The van der Waals surface area contributed by atoms with E-state index in [4.69, 9.17) is 4.98 Å². The van der Waals surface area contributed by atoms with E-state index in [1.807, 2.05) is 50.0 Å². The molecule has 5 heteroatoms. The molecule has 0 bridgehead atoms. The first-order valence-electron chi connectivity index (χ1n) is 7.33. The molecular formula is C17H19N5. The molecule has 0 radical (unpaired) electrons. The summed E-state index contributed by atoms with van der Waals surface area (Å²) in [6, 6.07) is 0. The lowest BCUT2D eigenvalue weighted by molar-refractivity contribution is 0.870. The maximum atomic E-state index is 4.69. The Hall–Kier alpha value is -2.56. The van der Waals surface area contributed by atoms with Gasteiger partial charge in [-0.05, 0) is 32.4 Å². The lowest BCUT2D eigenvalue weighted by Crippen LogP contribution is -2.01. The zero-order valence-corrected chi connectivity index (χ0v) is 13.1. The van der Waals surface area contributed by atoms with Gasteiger partial charge in [0, 0.05) is 31.6 Å². The SMILES string of the molecule is Cc1ncc(/C=C/c2nc(C3C=NC=CC3)cn2C)nc1C. The van der Waals surface area contributed by atoms with E-state index in [2.05, 4.69) is 27.2 Å². The van der Waals surface area contributed by atoms with E-state index >= 15 is 0 Å². The summed E-state index contributed by atoms with van der Waals surface area (Å²) < 4.78 is 2.02. The van der Waals surface area contributed by atoms with Gasteiger partial charge in [0.1, 0.15) is 5.82 Å². The molecule has 5 nitrogen and oxygen atoms in total. The van der Waals surface area contributed by atoms with Crippen molar-refractivity contribution < 1.29 is 0 Å². The van der Waals surface area contributed by atoms with Gasteiger partial charge < -0.3 is 4.57 Å². The minimum absolute atomic E-state index is 0.264. The van der Waals surface area contributed by atoms with Crippen molar-refractivity contribution in [2.75, 3.05) is 0 Å². The van der Waals surface area contributed by atoms with Gasteiger partial charge in [-0.1, -0.05) is 6.08 Å². The molecule has 0 saturated heterocycles. The highest BCUT2D eigenvalue weighted by molar-refractivity contribution is 5.70. The summed E-state index contributed by atoms with van der Waals surface area (Å²) in [5, 5.41) is 0. The third-order valence-electron chi connectivity index (χ3n) is 3.77. The highest BCUT2D eigenvalue weighted by Crippen LogP contribution is 2.20. The van der Waals surface area contributed by atoms with Crippen LogP contribution in [0.4, 0.5) is 0 Å². The first-order chi connectivity index (χ1) is 10.6. The molecule has 0 aliphatic carbocycles. The van der Waals surface area contributed by atoms with Crippen LogP contribution in [0.1, 0.15) is 40.9 Å². The van der Waals surface area contributed by atoms with Gasteiger partial charge >= 0.3 is 0 Å². The van der Waals surface area contributed by atoms with Crippen LogP contribution in [0.2, 0.25) is 0 Å². The van der Waals surface area contributed by atoms with Gasteiger partial charge in [-0.3, -0.25) is 15.0 Å². The van der Waals surface area contributed by atoms with Crippen molar-refractivity contribution in [3.63, 3.8) is 0 Å². The van der Waals surface area contributed by atoms with Crippen molar-refractivity contribution in [2.24, 2.45) is 12.0 Å².